The number of aromatic nitrogens is 2. The molecule has 0 radical (unpaired) electrons. The van der Waals surface area contributed by atoms with Crippen molar-refractivity contribution in [3.8, 4) is 0 Å². The maximum Gasteiger partial charge on any atom is 0.268 e. The minimum absolute atomic E-state index is 0.263. The second-order valence-electron chi connectivity index (χ2n) is 4.15. The Bertz CT molecular complexity index is 788. The van der Waals surface area contributed by atoms with Gasteiger partial charge in [-0.25, -0.2) is 14.5 Å². The molecular weight excluding hydrogens is 274 g/mol. The van der Waals surface area contributed by atoms with Gasteiger partial charge >= 0.3 is 0 Å². The topological polar surface area (TPSA) is 47.2 Å². The summed E-state index contributed by atoms with van der Waals surface area (Å²) >= 11 is 6.09. The summed E-state index contributed by atoms with van der Waals surface area (Å²) in [5.74, 6) is 0.826. The van der Waals surface area contributed by atoms with Gasteiger partial charge in [-0.1, -0.05) is 30.3 Å². The number of hydrogen-bond donors (Lipinski definition) is 0. The van der Waals surface area contributed by atoms with Crippen LogP contribution in [-0.4, -0.2) is 15.8 Å². The van der Waals surface area contributed by atoms with Crippen LogP contribution >= 0.6 is 11.6 Å². The van der Waals surface area contributed by atoms with Gasteiger partial charge in [-0.15, -0.1) is 0 Å². The smallest absolute Gasteiger partial charge is 0.268 e. The molecule has 0 unspecified atom stereocenters. The second-order valence-corrected chi connectivity index (χ2v) is 4.56. The zero-order chi connectivity index (χ0) is 14.7. The maximum absolute atomic E-state index is 12.5. The van der Waals surface area contributed by atoms with E-state index in [9.17, 15) is 4.79 Å². The lowest BCUT2D eigenvalue weighted by atomic mass is 10.2. The van der Waals surface area contributed by atoms with E-state index in [0.29, 0.717) is 27.6 Å². The molecule has 2 aromatic rings. The van der Waals surface area contributed by atoms with Crippen molar-refractivity contribution in [2.24, 2.45) is 4.99 Å². The molecule has 0 aliphatic carbocycles. The Kier molecular flexibility index (Phi) is 4.15. The van der Waals surface area contributed by atoms with Crippen molar-refractivity contribution in [2.45, 2.75) is 13.8 Å². The predicted octanol–water partition coefficient (Wildman–Crippen LogP) is 3.43. The lowest BCUT2D eigenvalue weighted by molar-refractivity contribution is 0.904. The van der Waals surface area contributed by atoms with Crippen LogP contribution in [-0.2, 0) is 0 Å². The van der Waals surface area contributed by atoms with E-state index < -0.39 is 0 Å². The van der Waals surface area contributed by atoms with Crippen molar-refractivity contribution in [1.29, 1.82) is 0 Å². The average Bonchev–Trinajstić information content (AvgIpc) is 2.38. The van der Waals surface area contributed by atoms with Crippen LogP contribution in [0.2, 0.25) is 5.02 Å². The van der Waals surface area contributed by atoms with Gasteiger partial charge in [-0.05, 0) is 32.1 Å². The third kappa shape index (κ3) is 2.56. The molecule has 0 fully saturated rings. The summed E-state index contributed by atoms with van der Waals surface area (Å²) in [7, 11) is 0. The third-order valence-corrected chi connectivity index (χ3v) is 3.09. The standard InChI is InChI=1S/C15H14ClN3O/c1-4-5-9-17-10(2)19-11(3)18-13-8-6-7-12(16)14(13)15(19)20/h4-9H,2H2,1,3H3/b5-4-,17-9?. The number of hydrogen-bond acceptors (Lipinski definition) is 3. The van der Waals surface area contributed by atoms with E-state index in [1.807, 2.05) is 13.0 Å². The first-order valence-corrected chi connectivity index (χ1v) is 6.46. The van der Waals surface area contributed by atoms with E-state index in [-0.39, 0.29) is 5.56 Å². The first-order chi connectivity index (χ1) is 9.56. The second kappa shape index (κ2) is 5.84. The molecule has 1 heterocycles. The van der Waals surface area contributed by atoms with Gasteiger partial charge in [0, 0.05) is 6.21 Å². The first kappa shape index (κ1) is 14.2. The van der Waals surface area contributed by atoms with Gasteiger partial charge in [-0.2, -0.15) is 0 Å². The Hall–Kier alpha value is -2.20. The molecule has 1 aromatic carbocycles. The summed E-state index contributed by atoms with van der Waals surface area (Å²) in [5.41, 5.74) is 0.308. The van der Waals surface area contributed by atoms with Crippen LogP contribution in [0.25, 0.3) is 16.7 Å². The Morgan fingerprint density at radius 1 is 1.50 bits per heavy atom. The van der Waals surface area contributed by atoms with Gasteiger partial charge in [0.25, 0.3) is 5.56 Å². The highest BCUT2D eigenvalue weighted by Gasteiger charge is 2.12. The van der Waals surface area contributed by atoms with Crippen LogP contribution < -0.4 is 5.56 Å². The Balaban J connectivity index is 2.69. The highest BCUT2D eigenvalue weighted by atomic mass is 35.5. The summed E-state index contributed by atoms with van der Waals surface area (Å²) in [6, 6.07) is 5.18. The lowest BCUT2D eigenvalue weighted by Gasteiger charge is -2.10. The van der Waals surface area contributed by atoms with Gasteiger partial charge in [0.15, 0.2) is 0 Å². The molecule has 0 aliphatic heterocycles. The Morgan fingerprint density at radius 2 is 2.25 bits per heavy atom. The molecule has 0 spiro atoms. The van der Waals surface area contributed by atoms with Gasteiger partial charge in [0.2, 0.25) is 0 Å². The predicted molar refractivity (Wildman–Crippen MR) is 84.4 cm³/mol. The summed E-state index contributed by atoms with van der Waals surface area (Å²) < 4.78 is 1.36. The van der Waals surface area contributed by atoms with Crippen molar-refractivity contribution >= 4 is 34.5 Å². The van der Waals surface area contributed by atoms with Crippen LogP contribution in [0.5, 0.6) is 0 Å². The van der Waals surface area contributed by atoms with Crippen LogP contribution in [0.1, 0.15) is 12.7 Å². The molecule has 5 heteroatoms. The van der Waals surface area contributed by atoms with E-state index in [4.69, 9.17) is 11.6 Å². The summed E-state index contributed by atoms with van der Waals surface area (Å²) in [5, 5.41) is 0.751. The Morgan fingerprint density at radius 3 is 2.95 bits per heavy atom. The van der Waals surface area contributed by atoms with E-state index in [0.717, 1.165) is 0 Å². The molecular formula is C15H14ClN3O. The molecule has 2 rings (SSSR count). The molecule has 0 saturated carbocycles. The fourth-order valence-electron chi connectivity index (χ4n) is 1.88. The van der Waals surface area contributed by atoms with Crippen molar-refractivity contribution in [3.63, 3.8) is 0 Å². The quantitative estimate of drug-likeness (QED) is 0.812. The van der Waals surface area contributed by atoms with Crippen molar-refractivity contribution in [3.05, 3.63) is 58.1 Å². The minimum Gasteiger partial charge on any atom is -0.268 e. The molecule has 0 amide bonds. The maximum atomic E-state index is 12.5. The average molecular weight is 288 g/mol. The molecule has 0 bridgehead atoms. The first-order valence-electron chi connectivity index (χ1n) is 6.08. The van der Waals surface area contributed by atoms with E-state index in [2.05, 4.69) is 16.6 Å². The molecule has 0 aliphatic rings. The van der Waals surface area contributed by atoms with Crippen molar-refractivity contribution in [2.75, 3.05) is 0 Å². The molecule has 102 valence electrons. The van der Waals surface area contributed by atoms with Crippen molar-refractivity contribution < 1.29 is 0 Å². The number of fused-ring (bicyclic) bond motifs is 1. The summed E-state index contributed by atoms with van der Waals surface area (Å²) in [6.07, 6.45) is 5.17. The van der Waals surface area contributed by atoms with Gasteiger partial charge in [0.05, 0.1) is 15.9 Å². The number of nitrogens with zero attached hydrogens (tertiary/aromatic N) is 3. The van der Waals surface area contributed by atoms with Gasteiger partial charge < -0.3 is 0 Å². The third-order valence-electron chi connectivity index (χ3n) is 2.77. The largest absolute Gasteiger partial charge is 0.268 e. The lowest BCUT2D eigenvalue weighted by Crippen LogP contribution is -2.22. The Labute approximate surface area is 121 Å². The molecule has 20 heavy (non-hydrogen) atoms. The fraction of sp³-hybridized carbons (Fsp3) is 0.133. The summed E-state index contributed by atoms with van der Waals surface area (Å²) in [4.78, 5) is 21.0. The zero-order valence-electron chi connectivity index (χ0n) is 11.3. The van der Waals surface area contributed by atoms with Gasteiger partial charge in [0.1, 0.15) is 11.6 Å². The van der Waals surface area contributed by atoms with Gasteiger partial charge in [-0.3, -0.25) is 4.79 Å². The zero-order valence-corrected chi connectivity index (χ0v) is 12.1. The number of allylic oxidation sites excluding steroid dienone is 2. The van der Waals surface area contributed by atoms with Crippen LogP contribution in [0.15, 0.2) is 46.7 Å². The van der Waals surface area contributed by atoms with E-state index in [1.165, 1.54) is 4.57 Å². The van der Waals surface area contributed by atoms with Crippen molar-refractivity contribution in [1.82, 2.24) is 9.55 Å². The molecule has 1 aromatic heterocycles. The highest BCUT2D eigenvalue weighted by molar-refractivity contribution is 6.35. The monoisotopic (exact) mass is 287 g/mol. The number of aliphatic imine (C=N–C) groups is 1. The van der Waals surface area contributed by atoms with Crippen LogP contribution in [0.4, 0.5) is 0 Å². The van der Waals surface area contributed by atoms with Crippen LogP contribution in [0, 0.1) is 6.92 Å². The number of benzene rings is 1. The van der Waals surface area contributed by atoms with E-state index >= 15 is 0 Å². The van der Waals surface area contributed by atoms with Crippen LogP contribution in [0.3, 0.4) is 0 Å². The highest BCUT2D eigenvalue weighted by Crippen LogP contribution is 2.19. The molecule has 0 N–H and O–H groups in total. The SMILES string of the molecule is C=C(N=C/C=C\C)n1c(C)nc2cccc(Cl)c2c1=O. The minimum atomic E-state index is -0.263. The fourth-order valence-corrected chi connectivity index (χ4v) is 2.13. The molecule has 0 saturated heterocycles. The number of aryl methyl sites for hydroxylation is 1. The number of halogens is 1. The molecule has 0 atom stereocenters. The van der Waals surface area contributed by atoms with E-state index in [1.54, 1.807) is 37.4 Å². The summed E-state index contributed by atoms with van der Waals surface area (Å²) in [6.45, 7) is 7.42. The normalized spacial score (nSPS) is 11.8. The molecule has 4 nitrogen and oxygen atoms in total. The number of rotatable bonds is 3.